The van der Waals surface area contributed by atoms with Crippen molar-refractivity contribution < 1.29 is 0 Å². The van der Waals surface area contributed by atoms with Gasteiger partial charge in [-0.1, -0.05) is 66.2 Å². The van der Waals surface area contributed by atoms with Gasteiger partial charge in [0.2, 0.25) is 5.13 Å². The van der Waals surface area contributed by atoms with Gasteiger partial charge in [-0.05, 0) is 42.3 Å². The fourth-order valence-corrected chi connectivity index (χ4v) is 4.00. The highest BCUT2D eigenvalue weighted by atomic mass is 35.5. The Kier molecular flexibility index (Phi) is 6.97. The number of hydrazone groups is 1. The van der Waals surface area contributed by atoms with E-state index in [2.05, 4.69) is 75.9 Å². The van der Waals surface area contributed by atoms with Crippen LogP contribution in [-0.4, -0.2) is 17.7 Å². The van der Waals surface area contributed by atoms with Crippen molar-refractivity contribution in [1.82, 2.24) is 4.98 Å². The molecule has 0 unspecified atom stereocenters. The molecule has 0 bridgehead atoms. The first kappa shape index (κ1) is 21.1. The van der Waals surface area contributed by atoms with Gasteiger partial charge in [-0.25, -0.2) is 4.98 Å². The first-order valence-electron chi connectivity index (χ1n) is 10.1. The number of nitrogens with zero attached hydrogens (tertiary/aromatic N) is 3. The van der Waals surface area contributed by atoms with Crippen molar-refractivity contribution in [3.8, 4) is 11.3 Å². The molecule has 1 heterocycles. The molecule has 0 radical (unpaired) electrons. The Hall–Kier alpha value is -3.15. The fourth-order valence-electron chi connectivity index (χ4n) is 3.20. The molecule has 4 nitrogen and oxygen atoms in total. The molecule has 0 saturated carbocycles. The van der Waals surface area contributed by atoms with E-state index in [4.69, 9.17) is 11.6 Å². The zero-order valence-corrected chi connectivity index (χ0v) is 18.8. The zero-order chi connectivity index (χ0) is 21.5. The normalized spacial score (nSPS) is 11.0. The van der Waals surface area contributed by atoms with Gasteiger partial charge < -0.3 is 4.90 Å². The molecule has 156 valence electrons. The third-order valence-electron chi connectivity index (χ3n) is 4.87. The third-order valence-corrected chi connectivity index (χ3v) is 5.87. The number of rotatable bonds is 8. The van der Waals surface area contributed by atoms with Crippen molar-refractivity contribution in [3.05, 3.63) is 100 Å². The van der Waals surface area contributed by atoms with Crippen molar-refractivity contribution in [1.29, 1.82) is 0 Å². The summed E-state index contributed by atoms with van der Waals surface area (Å²) in [6, 6.07) is 26.6. The van der Waals surface area contributed by atoms with Gasteiger partial charge in [0, 0.05) is 34.7 Å². The Morgan fingerprint density at radius 2 is 1.74 bits per heavy atom. The van der Waals surface area contributed by atoms with Crippen molar-refractivity contribution in [2.24, 2.45) is 5.10 Å². The van der Waals surface area contributed by atoms with Crippen LogP contribution in [0.3, 0.4) is 0 Å². The SMILES string of the molecule is CCN(Cc1ccccc1)c1ccc(/C=N\Nc2nc(-c3ccc(Cl)cc3)cs2)cc1. The number of nitrogens with one attached hydrogen (secondary N) is 1. The lowest BCUT2D eigenvalue weighted by Gasteiger charge is -2.23. The quantitative estimate of drug-likeness (QED) is 0.235. The summed E-state index contributed by atoms with van der Waals surface area (Å²) in [5, 5.41) is 7.80. The molecule has 0 fully saturated rings. The van der Waals surface area contributed by atoms with Gasteiger partial charge in [0.1, 0.15) is 0 Å². The summed E-state index contributed by atoms with van der Waals surface area (Å²) in [5.74, 6) is 0. The predicted octanol–water partition coefficient (Wildman–Crippen LogP) is 6.94. The number of aromatic nitrogens is 1. The summed E-state index contributed by atoms with van der Waals surface area (Å²) in [5.41, 5.74) is 8.49. The summed E-state index contributed by atoms with van der Waals surface area (Å²) in [4.78, 5) is 6.92. The van der Waals surface area contributed by atoms with Gasteiger partial charge in [0.15, 0.2) is 0 Å². The molecule has 6 heteroatoms. The maximum absolute atomic E-state index is 5.95. The summed E-state index contributed by atoms with van der Waals surface area (Å²) in [6.07, 6.45) is 1.81. The van der Waals surface area contributed by atoms with Gasteiger partial charge in [0.05, 0.1) is 11.9 Å². The van der Waals surface area contributed by atoms with Gasteiger partial charge in [-0.15, -0.1) is 11.3 Å². The highest BCUT2D eigenvalue weighted by Crippen LogP contribution is 2.26. The van der Waals surface area contributed by atoms with E-state index in [9.17, 15) is 0 Å². The molecule has 1 aromatic heterocycles. The van der Waals surface area contributed by atoms with Crippen molar-refractivity contribution in [2.75, 3.05) is 16.9 Å². The molecular weight excluding hydrogens is 424 g/mol. The zero-order valence-electron chi connectivity index (χ0n) is 17.2. The Bertz CT molecular complexity index is 1120. The van der Waals surface area contributed by atoms with Crippen molar-refractivity contribution in [2.45, 2.75) is 13.5 Å². The molecule has 0 spiro atoms. The van der Waals surface area contributed by atoms with Gasteiger partial charge in [-0.3, -0.25) is 5.43 Å². The third kappa shape index (κ3) is 5.72. The molecular formula is C25H23ClN4S. The second kappa shape index (κ2) is 10.2. The van der Waals surface area contributed by atoms with Crippen LogP contribution >= 0.6 is 22.9 Å². The standard InChI is InChI=1S/C25H23ClN4S/c1-2-30(17-20-6-4-3-5-7-20)23-14-8-19(9-15-23)16-27-29-25-28-24(18-31-25)21-10-12-22(26)13-11-21/h3-16,18H,2,17H2,1H3,(H,28,29)/b27-16-. The average Bonchev–Trinajstić information content (AvgIpc) is 3.28. The van der Waals surface area contributed by atoms with E-state index in [1.807, 2.05) is 35.7 Å². The molecule has 0 aliphatic rings. The molecule has 0 atom stereocenters. The highest BCUT2D eigenvalue weighted by molar-refractivity contribution is 7.14. The van der Waals surface area contributed by atoms with E-state index >= 15 is 0 Å². The molecule has 31 heavy (non-hydrogen) atoms. The Morgan fingerprint density at radius 3 is 2.45 bits per heavy atom. The Labute approximate surface area is 191 Å². The molecule has 0 saturated heterocycles. The van der Waals surface area contributed by atoms with Crippen LogP contribution in [0.1, 0.15) is 18.1 Å². The van der Waals surface area contributed by atoms with E-state index < -0.39 is 0 Å². The molecule has 4 rings (SSSR count). The van der Waals surface area contributed by atoms with E-state index in [0.717, 1.165) is 40.1 Å². The molecule has 0 aliphatic carbocycles. The van der Waals surface area contributed by atoms with Crippen molar-refractivity contribution >= 4 is 40.0 Å². The van der Waals surface area contributed by atoms with Gasteiger partial charge in [0.25, 0.3) is 0 Å². The number of halogens is 1. The number of thiazole rings is 1. The van der Waals surface area contributed by atoms with Crippen LogP contribution < -0.4 is 10.3 Å². The summed E-state index contributed by atoms with van der Waals surface area (Å²) in [7, 11) is 0. The van der Waals surface area contributed by atoms with E-state index in [1.165, 1.54) is 22.6 Å². The molecule has 4 aromatic rings. The number of anilines is 2. The first-order chi connectivity index (χ1) is 15.2. The lowest BCUT2D eigenvalue weighted by Crippen LogP contribution is -2.21. The Morgan fingerprint density at radius 1 is 1.00 bits per heavy atom. The maximum atomic E-state index is 5.95. The predicted molar refractivity (Wildman–Crippen MR) is 133 cm³/mol. The maximum Gasteiger partial charge on any atom is 0.203 e. The van der Waals surface area contributed by atoms with Crippen LogP contribution in [0.4, 0.5) is 10.8 Å². The lowest BCUT2D eigenvalue weighted by molar-refractivity contribution is 0.832. The van der Waals surface area contributed by atoms with Gasteiger partial charge >= 0.3 is 0 Å². The smallest absolute Gasteiger partial charge is 0.203 e. The van der Waals surface area contributed by atoms with E-state index in [0.29, 0.717) is 0 Å². The summed E-state index contributed by atoms with van der Waals surface area (Å²) in [6.45, 7) is 4.02. The first-order valence-corrected chi connectivity index (χ1v) is 11.4. The second-order valence-corrected chi connectivity index (χ2v) is 8.30. The van der Waals surface area contributed by atoms with Crippen LogP contribution in [0.15, 0.2) is 89.3 Å². The van der Waals surface area contributed by atoms with Crippen LogP contribution in [0.25, 0.3) is 11.3 Å². The van der Waals surface area contributed by atoms with E-state index in [-0.39, 0.29) is 0 Å². The highest BCUT2D eigenvalue weighted by Gasteiger charge is 2.06. The van der Waals surface area contributed by atoms with Crippen LogP contribution in [0.5, 0.6) is 0 Å². The van der Waals surface area contributed by atoms with E-state index in [1.54, 1.807) is 6.21 Å². The molecule has 1 N–H and O–H groups in total. The summed E-state index contributed by atoms with van der Waals surface area (Å²) >= 11 is 7.47. The lowest BCUT2D eigenvalue weighted by atomic mass is 10.1. The minimum Gasteiger partial charge on any atom is -0.367 e. The number of benzene rings is 3. The number of hydrogen-bond donors (Lipinski definition) is 1. The minimum atomic E-state index is 0.718. The molecule has 0 amide bonds. The monoisotopic (exact) mass is 446 g/mol. The van der Waals surface area contributed by atoms with Crippen molar-refractivity contribution in [3.63, 3.8) is 0 Å². The average molecular weight is 447 g/mol. The van der Waals surface area contributed by atoms with Gasteiger partial charge in [-0.2, -0.15) is 5.10 Å². The number of hydrogen-bond acceptors (Lipinski definition) is 5. The second-order valence-electron chi connectivity index (χ2n) is 7.01. The largest absolute Gasteiger partial charge is 0.367 e. The van der Waals surface area contributed by atoms with Crippen LogP contribution in [0, 0.1) is 0 Å². The Balaban J connectivity index is 1.36. The topological polar surface area (TPSA) is 40.5 Å². The van der Waals surface area contributed by atoms with Crippen LogP contribution in [0.2, 0.25) is 5.02 Å². The minimum absolute atomic E-state index is 0.718. The fraction of sp³-hybridized carbons (Fsp3) is 0.120. The van der Waals surface area contributed by atoms with Crippen LogP contribution in [-0.2, 0) is 6.54 Å². The molecule has 0 aliphatic heterocycles. The summed E-state index contributed by atoms with van der Waals surface area (Å²) < 4.78 is 0. The molecule has 3 aromatic carbocycles.